The Hall–Kier alpha value is -1.68. The Kier molecular flexibility index (Phi) is 4.43. The van der Waals surface area contributed by atoms with E-state index >= 15 is 0 Å². The summed E-state index contributed by atoms with van der Waals surface area (Å²) in [7, 11) is 0. The topological polar surface area (TPSA) is 55.1 Å². The highest BCUT2D eigenvalue weighted by Gasteiger charge is 2.59. The van der Waals surface area contributed by atoms with Gasteiger partial charge in [-0.3, -0.25) is 9.48 Å². The SMILES string of the molecule is CCn1ccc(/C=C2/C[C@@H]3[C@H]4CC=C5C[C@H](O)CC[C@]5(C)[C@@H]4CC[C@]3(C)C2=O)n1. The maximum atomic E-state index is 13.5. The van der Waals surface area contributed by atoms with Gasteiger partial charge in [0.15, 0.2) is 5.78 Å². The minimum Gasteiger partial charge on any atom is -0.393 e. The Morgan fingerprint density at radius 3 is 2.76 bits per heavy atom. The molecule has 0 unspecified atom stereocenters. The minimum atomic E-state index is -0.212. The lowest BCUT2D eigenvalue weighted by Crippen LogP contribution is -2.50. The molecular weight excluding hydrogens is 360 g/mol. The van der Waals surface area contributed by atoms with E-state index in [2.05, 4.69) is 38.0 Å². The molecule has 0 aromatic carbocycles. The number of carbonyl (C=O) groups excluding carboxylic acids is 1. The summed E-state index contributed by atoms with van der Waals surface area (Å²) in [6, 6.07) is 2.01. The molecule has 1 heterocycles. The smallest absolute Gasteiger partial charge is 0.165 e. The van der Waals surface area contributed by atoms with Gasteiger partial charge in [0.05, 0.1) is 11.8 Å². The molecule has 4 heteroatoms. The normalized spacial score (nSPS) is 43.0. The summed E-state index contributed by atoms with van der Waals surface area (Å²) in [6.45, 7) is 7.60. The molecule has 3 saturated carbocycles. The molecule has 29 heavy (non-hydrogen) atoms. The van der Waals surface area contributed by atoms with Crippen LogP contribution >= 0.6 is 0 Å². The molecule has 0 amide bonds. The first-order valence-electron chi connectivity index (χ1n) is 11.5. The van der Waals surface area contributed by atoms with Gasteiger partial charge in [0.25, 0.3) is 0 Å². The van der Waals surface area contributed by atoms with E-state index in [-0.39, 0.29) is 16.9 Å². The van der Waals surface area contributed by atoms with Crippen LogP contribution in [-0.4, -0.2) is 26.8 Å². The van der Waals surface area contributed by atoms with Crippen LogP contribution in [0.2, 0.25) is 0 Å². The Morgan fingerprint density at radius 1 is 1.21 bits per heavy atom. The monoisotopic (exact) mass is 394 g/mol. The van der Waals surface area contributed by atoms with Crippen LogP contribution in [0.3, 0.4) is 0 Å². The molecule has 0 spiro atoms. The molecule has 1 N–H and O–H groups in total. The fraction of sp³-hybridized carbons (Fsp3) is 0.680. The molecule has 1 aromatic heterocycles. The number of aromatic nitrogens is 2. The summed E-state index contributed by atoms with van der Waals surface area (Å²) in [6.07, 6.45) is 13.3. The van der Waals surface area contributed by atoms with E-state index < -0.39 is 0 Å². The Balaban J connectivity index is 1.46. The van der Waals surface area contributed by atoms with Crippen LogP contribution < -0.4 is 0 Å². The molecule has 0 bridgehead atoms. The number of rotatable bonds is 2. The number of carbonyl (C=O) groups is 1. The van der Waals surface area contributed by atoms with Crippen LogP contribution in [-0.2, 0) is 11.3 Å². The molecule has 4 nitrogen and oxygen atoms in total. The predicted octanol–water partition coefficient (Wildman–Crippen LogP) is 4.79. The van der Waals surface area contributed by atoms with Crippen LogP contribution in [0.5, 0.6) is 0 Å². The average Bonchev–Trinajstić information content (AvgIpc) is 3.26. The van der Waals surface area contributed by atoms with E-state index in [4.69, 9.17) is 0 Å². The van der Waals surface area contributed by atoms with Gasteiger partial charge in [0.1, 0.15) is 0 Å². The average molecular weight is 395 g/mol. The highest BCUT2D eigenvalue weighted by molar-refractivity contribution is 6.05. The van der Waals surface area contributed by atoms with Crippen molar-refractivity contribution in [3.8, 4) is 0 Å². The highest BCUT2D eigenvalue weighted by Crippen LogP contribution is 2.64. The number of hydrogen-bond acceptors (Lipinski definition) is 3. The van der Waals surface area contributed by atoms with Crippen molar-refractivity contribution in [1.82, 2.24) is 9.78 Å². The zero-order chi connectivity index (χ0) is 20.4. The molecule has 4 aliphatic carbocycles. The minimum absolute atomic E-state index is 0.162. The third kappa shape index (κ3) is 2.82. The first-order chi connectivity index (χ1) is 13.8. The zero-order valence-electron chi connectivity index (χ0n) is 18.0. The largest absolute Gasteiger partial charge is 0.393 e. The van der Waals surface area contributed by atoms with Crippen LogP contribution in [0.4, 0.5) is 0 Å². The van der Waals surface area contributed by atoms with Crippen molar-refractivity contribution in [3.05, 3.63) is 35.2 Å². The lowest BCUT2D eigenvalue weighted by atomic mass is 9.48. The Morgan fingerprint density at radius 2 is 2.00 bits per heavy atom. The maximum absolute atomic E-state index is 13.5. The van der Waals surface area contributed by atoms with Gasteiger partial charge in [-0.25, -0.2) is 0 Å². The molecule has 0 saturated heterocycles. The molecule has 3 fully saturated rings. The molecule has 156 valence electrons. The van der Waals surface area contributed by atoms with E-state index in [9.17, 15) is 9.90 Å². The van der Waals surface area contributed by atoms with Crippen molar-refractivity contribution in [2.75, 3.05) is 0 Å². The number of aliphatic hydroxyl groups excluding tert-OH is 1. The Labute approximate surface area is 174 Å². The number of allylic oxidation sites excluding steroid dienone is 2. The van der Waals surface area contributed by atoms with E-state index in [1.807, 2.05) is 16.9 Å². The van der Waals surface area contributed by atoms with Gasteiger partial charge < -0.3 is 5.11 Å². The fourth-order valence-corrected chi connectivity index (χ4v) is 7.25. The van der Waals surface area contributed by atoms with Crippen LogP contribution in [0, 0.1) is 28.6 Å². The first-order valence-corrected chi connectivity index (χ1v) is 11.5. The van der Waals surface area contributed by atoms with Gasteiger partial charge in [-0.15, -0.1) is 0 Å². The lowest BCUT2D eigenvalue weighted by molar-refractivity contribution is -0.130. The van der Waals surface area contributed by atoms with Crippen LogP contribution in [0.25, 0.3) is 6.08 Å². The summed E-state index contributed by atoms with van der Waals surface area (Å²) in [5.41, 5.74) is 3.40. The van der Waals surface area contributed by atoms with Gasteiger partial charge >= 0.3 is 0 Å². The zero-order valence-corrected chi connectivity index (χ0v) is 18.0. The summed E-state index contributed by atoms with van der Waals surface area (Å²) in [5.74, 6) is 2.04. The van der Waals surface area contributed by atoms with Crippen molar-refractivity contribution in [1.29, 1.82) is 0 Å². The van der Waals surface area contributed by atoms with Gasteiger partial charge in [0, 0.05) is 18.2 Å². The second kappa shape index (κ2) is 6.66. The number of ketones is 1. The van der Waals surface area contributed by atoms with Crippen molar-refractivity contribution < 1.29 is 9.90 Å². The molecule has 6 atom stereocenters. The number of hydrogen-bond donors (Lipinski definition) is 1. The van der Waals surface area contributed by atoms with Gasteiger partial charge in [-0.2, -0.15) is 5.10 Å². The standard InChI is InChI=1S/C25H34N2O2/c1-4-27-12-9-18(26-27)13-16-14-22-20-6-5-17-15-19(28)7-10-24(17,2)21(20)8-11-25(22,3)23(16)29/h5,9,12-13,19-22,28H,4,6-8,10-11,14-15H2,1-3H3/b16-13-/t19-,20+,21-,22-,24+,25+/m1/s1. The third-order valence-corrected chi connectivity index (χ3v) is 9.03. The molecule has 0 aliphatic heterocycles. The third-order valence-electron chi connectivity index (χ3n) is 9.03. The van der Waals surface area contributed by atoms with Crippen LogP contribution in [0.15, 0.2) is 29.5 Å². The molecule has 1 aromatic rings. The predicted molar refractivity (Wildman–Crippen MR) is 114 cm³/mol. The summed E-state index contributed by atoms with van der Waals surface area (Å²) in [5, 5.41) is 14.8. The fourth-order valence-electron chi connectivity index (χ4n) is 7.25. The quantitative estimate of drug-likeness (QED) is 0.580. The summed E-state index contributed by atoms with van der Waals surface area (Å²) >= 11 is 0. The van der Waals surface area contributed by atoms with Crippen LogP contribution in [0.1, 0.15) is 71.4 Å². The Bertz CT molecular complexity index is 896. The molecule has 4 aliphatic rings. The maximum Gasteiger partial charge on any atom is 0.165 e. The second-order valence-corrected chi connectivity index (χ2v) is 10.4. The van der Waals surface area contributed by atoms with Crippen molar-refractivity contribution in [3.63, 3.8) is 0 Å². The van der Waals surface area contributed by atoms with E-state index in [0.29, 0.717) is 23.5 Å². The summed E-state index contributed by atoms with van der Waals surface area (Å²) < 4.78 is 1.92. The number of nitrogens with zero attached hydrogens (tertiary/aromatic N) is 2. The number of fused-ring (bicyclic) bond motifs is 5. The second-order valence-electron chi connectivity index (χ2n) is 10.4. The van der Waals surface area contributed by atoms with Gasteiger partial charge in [-0.05, 0) is 92.8 Å². The number of Topliss-reactive ketones (excluding diaryl/α,β-unsaturated/α-hetero) is 1. The van der Waals surface area contributed by atoms with Crippen molar-refractivity contribution in [2.45, 2.75) is 78.4 Å². The van der Waals surface area contributed by atoms with E-state index in [1.54, 1.807) is 0 Å². The molecular formula is C25H34N2O2. The highest BCUT2D eigenvalue weighted by atomic mass is 16.3. The first kappa shape index (κ1) is 19.3. The van der Waals surface area contributed by atoms with E-state index in [1.165, 1.54) is 5.57 Å². The van der Waals surface area contributed by atoms with Crippen molar-refractivity contribution >= 4 is 11.9 Å². The number of aliphatic hydroxyl groups is 1. The lowest BCUT2D eigenvalue weighted by Gasteiger charge is -2.56. The summed E-state index contributed by atoms with van der Waals surface area (Å²) in [4.78, 5) is 13.5. The van der Waals surface area contributed by atoms with Crippen molar-refractivity contribution in [2.24, 2.45) is 28.6 Å². The van der Waals surface area contributed by atoms with Gasteiger partial charge in [0.2, 0.25) is 0 Å². The molecule has 0 radical (unpaired) electrons. The number of aryl methyl sites for hydroxylation is 1. The van der Waals surface area contributed by atoms with E-state index in [0.717, 1.165) is 62.8 Å². The van der Waals surface area contributed by atoms with Gasteiger partial charge in [-0.1, -0.05) is 25.5 Å². The molecule has 5 rings (SSSR count).